The average molecular weight is 367 g/mol. The van der Waals surface area contributed by atoms with Gasteiger partial charge < -0.3 is 10.6 Å². The van der Waals surface area contributed by atoms with Crippen molar-refractivity contribution in [2.45, 2.75) is 13.8 Å². The summed E-state index contributed by atoms with van der Waals surface area (Å²) in [5.41, 5.74) is 2.17. The minimum absolute atomic E-state index is 0.0198. The van der Waals surface area contributed by atoms with Gasteiger partial charge in [-0.15, -0.1) is 11.3 Å². The molecule has 0 saturated heterocycles. The molecule has 0 unspecified atom stereocenters. The number of nitrogens with zero attached hydrogens (tertiary/aromatic N) is 1. The first-order valence-corrected chi connectivity index (χ1v) is 9.44. The second kappa shape index (κ2) is 8.10. The van der Waals surface area contributed by atoms with Crippen LogP contribution in [-0.2, 0) is 4.79 Å². The van der Waals surface area contributed by atoms with Crippen LogP contribution in [0.2, 0.25) is 0 Å². The summed E-state index contributed by atoms with van der Waals surface area (Å²) in [6, 6.07) is 13.4. The number of para-hydroxylation sites is 1. The molecule has 0 atom stereocenters. The molecule has 2 N–H and O–H groups in total. The third kappa shape index (κ3) is 4.08. The quantitative estimate of drug-likeness (QED) is 0.656. The number of amides is 2. The number of thiophene rings is 1. The Morgan fingerprint density at radius 3 is 2.58 bits per heavy atom. The number of carbonyl (C=O) groups excluding carboxylic acids is 2. The van der Waals surface area contributed by atoms with E-state index in [1.807, 2.05) is 61.7 Å². The van der Waals surface area contributed by atoms with E-state index < -0.39 is 0 Å². The Kier molecular flexibility index (Phi) is 5.63. The molecular formula is C20H21N3O2S. The Balaban J connectivity index is 1.79. The van der Waals surface area contributed by atoms with E-state index in [1.54, 1.807) is 11.3 Å². The maximum Gasteiger partial charge on any atom is 0.252 e. The van der Waals surface area contributed by atoms with E-state index in [2.05, 4.69) is 15.6 Å². The zero-order valence-corrected chi connectivity index (χ0v) is 15.6. The summed E-state index contributed by atoms with van der Waals surface area (Å²) in [6.45, 7) is 4.46. The van der Waals surface area contributed by atoms with Crippen LogP contribution in [0.1, 0.15) is 24.2 Å². The summed E-state index contributed by atoms with van der Waals surface area (Å²) in [6.07, 6.45) is 0. The van der Waals surface area contributed by atoms with E-state index in [9.17, 15) is 9.59 Å². The van der Waals surface area contributed by atoms with Gasteiger partial charge in [0.1, 0.15) is 0 Å². The van der Waals surface area contributed by atoms with Crippen molar-refractivity contribution in [1.82, 2.24) is 15.6 Å². The van der Waals surface area contributed by atoms with Gasteiger partial charge in [-0.3, -0.25) is 9.59 Å². The Labute approximate surface area is 156 Å². The molecule has 3 rings (SSSR count). The van der Waals surface area contributed by atoms with Crippen molar-refractivity contribution in [3.8, 4) is 10.6 Å². The molecular weight excluding hydrogens is 346 g/mol. The maximum atomic E-state index is 12.7. The Morgan fingerprint density at radius 1 is 1.08 bits per heavy atom. The third-order valence-corrected chi connectivity index (χ3v) is 4.86. The normalized spacial score (nSPS) is 10.9. The van der Waals surface area contributed by atoms with Gasteiger partial charge in [-0.25, -0.2) is 4.98 Å². The first kappa shape index (κ1) is 18.1. The highest BCUT2D eigenvalue weighted by Crippen LogP contribution is 2.27. The molecule has 0 fully saturated rings. The van der Waals surface area contributed by atoms with Crippen molar-refractivity contribution in [3.05, 3.63) is 53.4 Å². The number of pyridine rings is 1. The lowest BCUT2D eigenvalue weighted by Crippen LogP contribution is -2.36. The summed E-state index contributed by atoms with van der Waals surface area (Å²) in [5.74, 6) is -0.253. The molecule has 0 saturated carbocycles. The monoisotopic (exact) mass is 367 g/mol. The van der Waals surface area contributed by atoms with Gasteiger partial charge in [0.25, 0.3) is 5.91 Å². The van der Waals surface area contributed by atoms with Crippen molar-refractivity contribution in [3.63, 3.8) is 0 Å². The summed E-state index contributed by atoms with van der Waals surface area (Å²) >= 11 is 1.59. The van der Waals surface area contributed by atoms with Crippen LogP contribution >= 0.6 is 11.3 Å². The molecule has 2 aromatic heterocycles. The summed E-state index contributed by atoms with van der Waals surface area (Å²) < 4.78 is 0. The highest BCUT2D eigenvalue weighted by molar-refractivity contribution is 7.13. The molecule has 0 aliphatic carbocycles. The second-order valence-corrected chi connectivity index (χ2v) is 7.20. The first-order chi connectivity index (χ1) is 12.6. The Bertz CT molecular complexity index is 920. The fraction of sp³-hybridized carbons (Fsp3) is 0.250. The minimum Gasteiger partial charge on any atom is -0.354 e. The van der Waals surface area contributed by atoms with Crippen molar-refractivity contribution < 1.29 is 9.59 Å². The number of nitrogens with one attached hydrogen (secondary N) is 2. The van der Waals surface area contributed by atoms with Crippen LogP contribution in [0, 0.1) is 5.92 Å². The molecule has 26 heavy (non-hydrogen) atoms. The largest absolute Gasteiger partial charge is 0.354 e. The van der Waals surface area contributed by atoms with Gasteiger partial charge in [-0.1, -0.05) is 38.1 Å². The number of fused-ring (bicyclic) bond motifs is 1. The average Bonchev–Trinajstić information content (AvgIpc) is 3.18. The molecule has 5 nitrogen and oxygen atoms in total. The molecule has 0 radical (unpaired) electrons. The number of rotatable bonds is 6. The lowest BCUT2D eigenvalue weighted by molar-refractivity contribution is -0.123. The predicted molar refractivity (Wildman–Crippen MR) is 105 cm³/mol. The number of benzene rings is 1. The van der Waals surface area contributed by atoms with Crippen LogP contribution in [0.4, 0.5) is 0 Å². The summed E-state index contributed by atoms with van der Waals surface area (Å²) in [7, 11) is 0. The Morgan fingerprint density at radius 2 is 1.85 bits per heavy atom. The van der Waals surface area contributed by atoms with Crippen LogP contribution in [0.5, 0.6) is 0 Å². The lowest BCUT2D eigenvalue weighted by atomic mass is 10.1. The summed E-state index contributed by atoms with van der Waals surface area (Å²) in [5, 5.41) is 8.48. The second-order valence-electron chi connectivity index (χ2n) is 6.25. The standard InChI is InChI=1S/C20H21N3O2S/c1-13(2)19(24)21-9-10-22-20(25)15-12-17(18-8-5-11-26-18)23-16-7-4-3-6-14(15)16/h3-8,11-13H,9-10H2,1-2H3,(H,21,24)(H,22,25). The SMILES string of the molecule is CC(C)C(=O)NCCNC(=O)c1cc(-c2cccs2)nc2ccccc12. The molecule has 0 aliphatic heterocycles. The van der Waals surface area contributed by atoms with Crippen LogP contribution in [-0.4, -0.2) is 29.9 Å². The Hall–Kier alpha value is -2.73. The molecule has 134 valence electrons. The fourth-order valence-corrected chi connectivity index (χ4v) is 3.26. The number of hydrogen-bond donors (Lipinski definition) is 2. The zero-order chi connectivity index (χ0) is 18.5. The van der Waals surface area contributed by atoms with Crippen molar-refractivity contribution in [2.24, 2.45) is 5.92 Å². The van der Waals surface area contributed by atoms with Crippen molar-refractivity contribution in [1.29, 1.82) is 0 Å². The van der Waals surface area contributed by atoms with Gasteiger partial charge in [0.05, 0.1) is 21.7 Å². The van der Waals surface area contributed by atoms with Crippen LogP contribution in [0.15, 0.2) is 47.8 Å². The number of carbonyl (C=O) groups is 2. The number of hydrogen-bond acceptors (Lipinski definition) is 4. The molecule has 2 heterocycles. The van der Waals surface area contributed by atoms with Crippen LogP contribution in [0.3, 0.4) is 0 Å². The van der Waals surface area contributed by atoms with E-state index in [-0.39, 0.29) is 17.7 Å². The van der Waals surface area contributed by atoms with Crippen molar-refractivity contribution in [2.75, 3.05) is 13.1 Å². The molecule has 0 spiro atoms. The highest BCUT2D eigenvalue weighted by Gasteiger charge is 2.14. The van der Waals surface area contributed by atoms with E-state index in [1.165, 1.54) is 0 Å². The molecule has 0 aliphatic rings. The minimum atomic E-state index is -0.166. The molecule has 3 aromatic rings. The van der Waals surface area contributed by atoms with E-state index in [0.717, 1.165) is 21.5 Å². The smallest absolute Gasteiger partial charge is 0.252 e. The zero-order valence-electron chi connectivity index (χ0n) is 14.8. The molecule has 1 aromatic carbocycles. The molecule has 6 heteroatoms. The van der Waals surface area contributed by atoms with Gasteiger partial charge >= 0.3 is 0 Å². The van der Waals surface area contributed by atoms with E-state index >= 15 is 0 Å². The number of aromatic nitrogens is 1. The third-order valence-electron chi connectivity index (χ3n) is 3.97. The van der Waals surface area contributed by atoms with Gasteiger partial charge in [0, 0.05) is 24.4 Å². The van der Waals surface area contributed by atoms with Crippen LogP contribution in [0.25, 0.3) is 21.5 Å². The molecule has 0 bridgehead atoms. The summed E-state index contributed by atoms with van der Waals surface area (Å²) in [4.78, 5) is 30.0. The lowest BCUT2D eigenvalue weighted by Gasteiger charge is -2.11. The maximum absolute atomic E-state index is 12.7. The topological polar surface area (TPSA) is 71.1 Å². The fourth-order valence-electron chi connectivity index (χ4n) is 2.57. The van der Waals surface area contributed by atoms with E-state index in [0.29, 0.717) is 18.7 Å². The van der Waals surface area contributed by atoms with E-state index in [4.69, 9.17) is 0 Å². The predicted octanol–water partition coefficient (Wildman–Crippen LogP) is 3.47. The van der Waals surface area contributed by atoms with Gasteiger partial charge in [0.15, 0.2) is 0 Å². The van der Waals surface area contributed by atoms with Gasteiger partial charge in [-0.05, 0) is 23.6 Å². The van der Waals surface area contributed by atoms with Crippen molar-refractivity contribution >= 4 is 34.1 Å². The van der Waals surface area contributed by atoms with Gasteiger partial charge in [-0.2, -0.15) is 0 Å². The molecule has 2 amide bonds. The van der Waals surface area contributed by atoms with Crippen LogP contribution < -0.4 is 10.6 Å². The highest BCUT2D eigenvalue weighted by atomic mass is 32.1. The van der Waals surface area contributed by atoms with Gasteiger partial charge in [0.2, 0.25) is 5.91 Å². The first-order valence-electron chi connectivity index (χ1n) is 8.56.